The highest BCUT2D eigenvalue weighted by molar-refractivity contribution is 7.91. The summed E-state index contributed by atoms with van der Waals surface area (Å²) in [6.07, 6.45) is 11.3. The summed E-state index contributed by atoms with van der Waals surface area (Å²) in [7, 11) is 5.76. The Morgan fingerprint density at radius 1 is 0.452 bits per heavy atom. The van der Waals surface area contributed by atoms with Gasteiger partial charge in [-0.3, -0.25) is 9.69 Å². The molecule has 0 aliphatic carbocycles. The molecule has 0 radical (unpaired) electrons. The second kappa shape index (κ2) is 46.2. The minimum Gasteiger partial charge on any atom is -0.496 e. The SMILES string of the molecule is CCOCc1cc(/C=C/C2NCCc3cc(OCc4ccccc4)c(OC)cc32)ccc1OC.CCOCc1cc(/C=C/C2NCCc3cc(OCc4ccccc4)c(OC)cc32)ccc1OC.CCOCc1cc(C=O)ccc1OC.COc1cc2c(cc1OCc1ccccc1)CCN(C(=O)OC(C)(C)C)C2CS(=O)(=O)c1nnnn1-c1ccccc1. The number of para-hydroxylation sites is 1. The Balaban J connectivity index is 0.000000169. The minimum absolute atomic E-state index is 0.0956. The third kappa shape index (κ3) is 25.6. The van der Waals surface area contributed by atoms with E-state index in [1.165, 1.54) is 38.9 Å². The molecule has 0 saturated heterocycles. The van der Waals surface area contributed by atoms with Crippen molar-refractivity contribution in [2.24, 2.45) is 0 Å². The molecule has 25 heteroatoms. The van der Waals surface area contributed by atoms with Crippen molar-refractivity contribution < 1.29 is 79.6 Å². The number of methoxy groups -OCH3 is 6. The lowest BCUT2D eigenvalue weighted by Gasteiger charge is -2.38. The average Bonchev–Trinajstić information content (AvgIpc) is 0.784. The molecule has 10 aromatic carbocycles. The first-order valence-electron chi connectivity index (χ1n) is 41.5. The Morgan fingerprint density at radius 3 is 1.22 bits per heavy atom. The number of tetrazole rings is 1. The van der Waals surface area contributed by atoms with Gasteiger partial charge in [0.15, 0.2) is 34.5 Å². The van der Waals surface area contributed by atoms with Gasteiger partial charge in [0.05, 0.1) is 92.0 Å². The summed E-state index contributed by atoms with van der Waals surface area (Å²) in [6, 6.07) is 67.9. The van der Waals surface area contributed by atoms with Crippen molar-refractivity contribution in [3.8, 4) is 57.4 Å². The van der Waals surface area contributed by atoms with Gasteiger partial charge in [0, 0.05) is 61.7 Å². The monoisotopic (exact) mass is 1700 g/mol. The van der Waals surface area contributed by atoms with E-state index in [-0.39, 0.29) is 23.8 Å². The molecule has 3 atom stereocenters. The van der Waals surface area contributed by atoms with E-state index in [0.29, 0.717) is 94.2 Å². The second-order valence-electron chi connectivity index (χ2n) is 30.2. The van der Waals surface area contributed by atoms with Gasteiger partial charge in [0.2, 0.25) is 9.84 Å². The third-order valence-corrected chi connectivity index (χ3v) is 22.2. The molecule has 1 aromatic heterocycles. The van der Waals surface area contributed by atoms with E-state index in [0.717, 1.165) is 123 Å². The second-order valence-corrected chi connectivity index (χ2v) is 32.1. The number of benzene rings is 10. The quantitative estimate of drug-likeness (QED) is 0.0362. The van der Waals surface area contributed by atoms with Crippen LogP contribution in [0, 0.1) is 0 Å². The predicted molar refractivity (Wildman–Crippen MR) is 479 cm³/mol. The summed E-state index contributed by atoms with van der Waals surface area (Å²) in [5.41, 5.74) is 15.3. The summed E-state index contributed by atoms with van der Waals surface area (Å²) in [6.45, 7) is 18.2. The molecule has 0 bridgehead atoms. The maximum Gasteiger partial charge on any atom is 0.410 e. The number of rotatable bonds is 33. The van der Waals surface area contributed by atoms with Gasteiger partial charge in [0.1, 0.15) is 49.0 Å². The number of sulfone groups is 1. The van der Waals surface area contributed by atoms with Crippen molar-refractivity contribution in [3.05, 3.63) is 308 Å². The lowest BCUT2D eigenvalue weighted by Crippen LogP contribution is -2.45. The van der Waals surface area contributed by atoms with E-state index in [4.69, 9.17) is 61.6 Å². The van der Waals surface area contributed by atoms with Crippen molar-refractivity contribution in [2.45, 2.75) is 129 Å². The van der Waals surface area contributed by atoms with Crippen LogP contribution in [-0.2, 0) is 87.7 Å². The summed E-state index contributed by atoms with van der Waals surface area (Å²) in [5, 5.41) is 18.3. The molecular formula is C99H113N7O17S. The first kappa shape index (κ1) is 92.4. The molecule has 124 heavy (non-hydrogen) atoms. The summed E-state index contributed by atoms with van der Waals surface area (Å²) in [4.78, 5) is 25.4. The van der Waals surface area contributed by atoms with E-state index < -0.39 is 33.3 Å². The Bertz CT molecular complexity index is 5260. The number of carbonyl (C=O) groups excluding carboxylic acids is 2. The van der Waals surface area contributed by atoms with Crippen LogP contribution in [0.1, 0.15) is 148 Å². The largest absolute Gasteiger partial charge is 0.496 e. The van der Waals surface area contributed by atoms with Crippen LogP contribution in [-0.4, -0.2) is 139 Å². The van der Waals surface area contributed by atoms with Crippen LogP contribution >= 0.6 is 0 Å². The number of fused-ring (bicyclic) bond motifs is 3. The molecule has 1 amide bonds. The number of hydrogen-bond acceptors (Lipinski definition) is 22. The van der Waals surface area contributed by atoms with Gasteiger partial charge in [-0.2, -0.15) is 4.68 Å². The number of nitrogens with one attached hydrogen (secondary N) is 2. The lowest BCUT2D eigenvalue weighted by atomic mass is 9.93. The Hall–Kier alpha value is -12.4. The Kier molecular flexibility index (Phi) is 34.4. The number of nitrogens with zero attached hydrogens (tertiary/aromatic N) is 5. The van der Waals surface area contributed by atoms with Crippen LogP contribution in [0.4, 0.5) is 4.79 Å². The number of amides is 1. The molecule has 24 nitrogen and oxygen atoms in total. The van der Waals surface area contributed by atoms with Crippen LogP contribution < -0.4 is 53.3 Å². The lowest BCUT2D eigenvalue weighted by molar-refractivity contribution is 0.0162. The molecule has 0 saturated carbocycles. The van der Waals surface area contributed by atoms with Crippen molar-refractivity contribution in [3.63, 3.8) is 0 Å². The number of carbonyl (C=O) groups is 2. The number of aldehydes is 1. The molecule has 3 unspecified atom stereocenters. The fourth-order valence-electron chi connectivity index (χ4n) is 14.4. The van der Waals surface area contributed by atoms with E-state index in [9.17, 15) is 18.0 Å². The minimum atomic E-state index is -4.12. The highest BCUT2D eigenvalue weighted by Gasteiger charge is 2.40. The zero-order valence-electron chi connectivity index (χ0n) is 72.7. The molecule has 652 valence electrons. The average molecular weight is 1710 g/mol. The maximum absolute atomic E-state index is 13.9. The normalized spacial score (nSPS) is 14.6. The molecule has 0 spiro atoms. The van der Waals surface area contributed by atoms with Crippen LogP contribution in [0.25, 0.3) is 17.8 Å². The molecule has 4 heterocycles. The van der Waals surface area contributed by atoms with Crippen molar-refractivity contribution in [1.29, 1.82) is 0 Å². The van der Waals surface area contributed by atoms with Gasteiger partial charge >= 0.3 is 6.09 Å². The Labute approximate surface area is 728 Å². The molecule has 14 rings (SSSR count). The predicted octanol–water partition coefficient (Wildman–Crippen LogP) is 18.0. The smallest absolute Gasteiger partial charge is 0.410 e. The van der Waals surface area contributed by atoms with Crippen LogP contribution in [0.3, 0.4) is 0 Å². The third-order valence-electron chi connectivity index (χ3n) is 20.7. The fourth-order valence-corrected chi connectivity index (χ4v) is 15.9. The van der Waals surface area contributed by atoms with E-state index in [2.05, 4.69) is 123 Å². The number of aromatic nitrogens is 4. The molecule has 11 aromatic rings. The van der Waals surface area contributed by atoms with E-state index >= 15 is 0 Å². The van der Waals surface area contributed by atoms with Gasteiger partial charge in [-0.15, -0.1) is 0 Å². The number of ether oxygens (including phenoxy) is 13. The first-order valence-corrected chi connectivity index (χ1v) is 43.2. The van der Waals surface area contributed by atoms with E-state index in [1.807, 2.05) is 112 Å². The van der Waals surface area contributed by atoms with Crippen LogP contribution in [0.15, 0.2) is 230 Å². The zero-order chi connectivity index (χ0) is 87.8. The van der Waals surface area contributed by atoms with Gasteiger partial charge in [-0.25, -0.2) is 13.2 Å². The molecule has 0 fully saturated rings. The molecular weight excluding hydrogens is 1590 g/mol. The van der Waals surface area contributed by atoms with Gasteiger partial charge in [-0.05, 0) is 223 Å². The highest BCUT2D eigenvalue weighted by Crippen LogP contribution is 2.43. The van der Waals surface area contributed by atoms with Gasteiger partial charge in [0.25, 0.3) is 5.16 Å². The zero-order valence-corrected chi connectivity index (χ0v) is 73.5. The van der Waals surface area contributed by atoms with Gasteiger partial charge in [-0.1, -0.05) is 151 Å². The van der Waals surface area contributed by atoms with Crippen LogP contribution in [0.2, 0.25) is 0 Å². The molecule has 3 aliphatic rings. The van der Waals surface area contributed by atoms with Crippen molar-refractivity contribution in [2.75, 3.05) is 87.9 Å². The molecule has 2 N–H and O–H groups in total. The topological polar surface area (TPSA) is 259 Å². The highest BCUT2D eigenvalue weighted by atomic mass is 32.2. The molecule has 3 aliphatic heterocycles. The summed E-state index contributed by atoms with van der Waals surface area (Å²) in [5.74, 6) is 5.99. The number of hydrogen-bond donors (Lipinski definition) is 2. The maximum atomic E-state index is 13.9. The summed E-state index contributed by atoms with van der Waals surface area (Å²) < 4.78 is 103. The van der Waals surface area contributed by atoms with Crippen molar-refractivity contribution in [1.82, 2.24) is 35.7 Å². The Morgan fingerprint density at radius 2 is 0.831 bits per heavy atom. The van der Waals surface area contributed by atoms with Crippen LogP contribution in [0.5, 0.6) is 51.7 Å². The van der Waals surface area contributed by atoms with Gasteiger partial charge < -0.3 is 72.2 Å². The first-order chi connectivity index (χ1) is 60.3. The standard InChI is InChI=1S/C30H33N5O6S.2C29H33NO4.C11H14O3/c1-30(2,3)41-29(36)34-16-15-22-17-27(40-19-21-11-7-5-8-12-21)26(39-4)18-24(22)25(34)20-42(37,38)28-31-32-33-35(28)23-13-9-6-10-14-23;2*1-4-33-20-24-16-21(11-13-27(24)31-2)10-12-26-25-18-28(32-3)29(17-23(25)14-15-30-26)34-19-22-8-6-5-7-9-22;1-3-14-8-10-6-9(7-12)4-5-11(10)13-2/h5-14,17-18,25H,15-16,19-20H2,1-4H3;2*5-13,16-18,26,30H,4,14-15,19-20H2,1-3H3;4-7H,3,8H2,1-2H3/b;2*12-10+;. The fraction of sp³-hybridized carbons (Fsp3) is 0.323. The van der Waals surface area contributed by atoms with E-state index in [1.54, 1.807) is 105 Å². The van der Waals surface area contributed by atoms with Crippen molar-refractivity contribution >= 4 is 34.4 Å². The summed E-state index contributed by atoms with van der Waals surface area (Å²) >= 11 is 0.